The Kier molecular flexibility index (Phi) is 30.9. The molecule has 4 heterocycles. The van der Waals surface area contributed by atoms with Gasteiger partial charge in [0.25, 0.3) is 0 Å². The molecule has 29 N–H and O–H groups in total. The van der Waals surface area contributed by atoms with Gasteiger partial charge >= 0.3 is 5.97 Å². The first kappa shape index (κ1) is 79.9. The number of imidazole rings is 1. The lowest BCUT2D eigenvalue weighted by Gasteiger charge is -2.27. The molecule has 560 valence electrons. The molecule has 0 bridgehead atoms. The zero-order valence-corrected chi connectivity index (χ0v) is 57.9. The van der Waals surface area contributed by atoms with Crippen LogP contribution in [-0.2, 0) is 73.6 Å². The van der Waals surface area contributed by atoms with Gasteiger partial charge in [0, 0.05) is 102 Å². The number of guanidine groups is 2. The lowest BCUT2D eigenvalue weighted by atomic mass is 10.0. The Morgan fingerprint density at radius 3 is 1.31 bits per heavy atom. The third-order valence-corrected chi connectivity index (χ3v) is 17.3. The number of carboxylic acids is 1. The second-order valence-corrected chi connectivity index (χ2v) is 25.3. The molecule has 0 saturated carbocycles. The molecule has 0 aliphatic carbocycles. The lowest BCUT2D eigenvalue weighted by Crippen LogP contribution is -2.61. The van der Waals surface area contributed by atoms with Gasteiger partial charge in [0.15, 0.2) is 11.9 Å². The van der Waals surface area contributed by atoms with E-state index in [2.05, 4.69) is 82.8 Å². The normalized spacial score (nSPS) is 14.2. The van der Waals surface area contributed by atoms with Crippen LogP contribution in [0.1, 0.15) is 93.5 Å². The standard InChI is InChI=1S/C69H97N23O12/c1-38(93)58(66(102)88-52(23-13-27-79-69(75)76)63(99)91-56(67(103)104)30-41-34-82-49-20-7-4-16-45(41)49)92-65(101)53(28-39-32-80-47-18-5-2-14-43(39)47)85-57(94)36-83-60(96)55(31-42-35-77-37-84-42)90-64(100)54(29-40-33-81-48-19-6-3-15-44(40)48)89-62(98)51(22-9-11-25-71)87-61(97)50(21-8-10-24-70)86-59(95)46(72)17-12-26-78-68(73)74/h2-7,14-16,18-20,32-35,37-38,46,50-56,58,80-82,93H,8-13,17,21-31,36,70-72H2,1H3,(H,77,84)(H,83,96)(H,85,94)(H,86,95)(H,87,97)(H,88,102)(H,89,98)(H,90,100)(H,91,99)(H,92,101)(H,103,104)(H4,73,74,78)(H4,75,76,79)/t38-,46+,50+,51+,52+,53+,54+,55+,56+,58+/m1/s1. The van der Waals surface area contributed by atoms with Crippen molar-refractivity contribution in [3.8, 4) is 0 Å². The van der Waals surface area contributed by atoms with Gasteiger partial charge in [0.2, 0.25) is 53.2 Å². The van der Waals surface area contributed by atoms with Gasteiger partial charge < -0.3 is 118 Å². The van der Waals surface area contributed by atoms with E-state index in [1.54, 1.807) is 73.2 Å². The first-order valence-corrected chi connectivity index (χ1v) is 34.4. The van der Waals surface area contributed by atoms with Gasteiger partial charge in [-0.15, -0.1) is 0 Å². The number of carbonyl (C=O) groups excluding carboxylic acids is 9. The van der Waals surface area contributed by atoms with Crippen LogP contribution in [-0.4, -0.2) is 199 Å². The molecule has 7 rings (SSSR count). The highest BCUT2D eigenvalue weighted by molar-refractivity contribution is 5.99. The number of hydrogen-bond acceptors (Lipinski definition) is 17. The van der Waals surface area contributed by atoms with E-state index in [4.69, 9.17) is 40.1 Å². The molecule has 0 spiro atoms. The third kappa shape index (κ3) is 24.4. The molecule has 0 aliphatic rings. The van der Waals surface area contributed by atoms with Gasteiger partial charge in [0.05, 0.1) is 25.0 Å². The molecular formula is C69H97N23O12. The van der Waals surface area contributed by atoms with E-state index in [1.807, 2.05) is 18.2 Å². The van der Waals surface area contributed by atoms with Crippen molar-refractivity contribution in [1.29, 1.82) is 0 Å². The number of aliphatic hydroxyl groups is 1. The number of aliphatic imine (C=N–C) groups is 2. The zero-order valence-electron chi connectivity index (χ0n) is 57.9. The summed E-state index contributed by atoms with van der Waals surface area (Å²) in [4.78, 5) is 166. The summed E-state index contributed by atoms with van der Waals surface area (Å²) in [5, 5.41) is 47.4. The highest BCUT2D eigenvalue weighted by atomic mass is 16.4. The minimum atomic E-state index is -1.80. The highest BCUT2D eigenvalue weighted by Crippen LogP contribution is 2.23. The number of aliphatic hydroxyl groups excluding tert-OH is 1. The van der Waals surface area contributed by atoms with Gasteiger partial charge in [0.1, 0.15) is 48.3 Å². The Balaban J connectivity index is 1.09. The number of hydrogen-bond donors (Lipinski definition) is 22. The summed E-state index contributed by atoms with van der Waals surface area (Å²) < 4.78 is 0. The Morgan fingerprint density at radius 1 is 0.462 bits per heavy atom. The number of rotatable bonds is 44. The minimum Gasteiger partial charge on any atom is -0.480 e. The molecule has 4 aromatic heterocycles. The van der Waals surface area contributed by atoms with Crippen LogP contribution in [0.3, 0.4) is 0 Å². The maximum Gasteiger partial charge on any atom is 0.326 e. The van der Waals surface area contributed by atoms with Gasteiger partial charge in [-0.1, -0.05) is 54.6 Å². The topological polar surface area (TPSA) is 602 Å². The fourth-order valence-corrected chi connectivity index (χ4v) is 11.8. The number of benzene rings is 3. The molecule has 7 aromatic rings. The van der Waals surface area contributed by atoms with Crippen LogP contribution in [0, 0.1) is 0 Å². The fraction of sp³-hybridized carbons (Fsp3) is 0.435. The predicted molar refractivity (Wildman–Crippen MR) is 390 cm³/mol. The Morgan fingerprint density at radius 2 is 0.856 bits per heavy atom. The van der Waals surface area contributed by atoms with E-state index < -0.39 is 126 Å². The highest BCUT2D eigenvalue weighted by Gasteiger charge is 2.37. The summed E-state index contributed by atoms with van der Waals surface area (Å²) in [6, 6.07) is 8.80. The number of nitrogens with one attached hydrogen (secondary N) is 13. The number of para-hydroxylation sites is 3. The number of amides is 9. The van der Waals surface area contributed by atoms with Crippen LogP contribution < -0.4 is 88.0 Å². The van der Waals surface area contributed by atoms with Crippen molar-refractivity contribution in [2.24, 2.45) is 50.1 Å². The number of carboxylic acid groups (broad SMARTS) is 1. The number of carbonyl (C=O) groups is 10. The Hall–Kier alpha value is -11.4. The van der Waals surface area contributed by atoms with Crippen LogP contribution >= 0.6 is 0 Å². The number of nitrogens with zero attached hydrogens (tertiary/aromatic N) is 3. The maximum atomic E-state index is 15.0. The smallest absolute Gasteiger partial charge is 0.326 e. The van der Waals surface area contributed by atoms with Crippen molar-refractivity contribution >= 4 is 104 Å². The molecular weight excluding hydrogens is 1340 g/mol. The van der Waals surface area contributed by atoms with Crippen LogP contribution in [0.5, 0.6) is 0 Å². The number of unbranched alkanes of at least 4 members (excludes halogenated alkanes) is 2. The van der Waals surface area contributed by atoms with E-state index >= 15 is 4.79 Å². The van der Waals surface area contributed by atoms with Crippen molar-refractivity contribution in [3.05, 3.63) is 126 Å². The monoisotopic (exact) mass is 1440 g/mol. The molecule has 0 fully saturated rings. The lowest BCUT2D eigenvalue weighted by molar-refractivity contribution is -0.142. The number of nitrogens with two attached hydrogens (primary N) is 7. The zero-order chi connectivity index (χ0) is 75.2. The molecule has 0 radical (unpaired) electrons. The largest absolute Gasteiger partial charge is 0.480 e. The molecule has 0 saturated heterocycles. The average Bonchev–Trinajstić information content (AvgIpc) is 1.65. The van der Waals surface area contributed by atoms with E-state index in [0.29, 0.717) is 82.8 Å². The van der Waals surface area contributed by atoms with Crippen molar-refractivity contribution in [2.75, 3.05) is 32.7 Å². The van der Waals surface area contributed by atoms with Gasteiger partial charge in [-0.3, -0.25) is 53.1 Å². The van der Waals surface area contributed by atoms with Crippen molar-refractivity contribution in [1.82, 2.24) is 72.8 Å². The van der Waals surface area contributed by atoms with E-state index in [1.165, 1.54) is 19.4 Å². The summed E-state index contributed by atoms with van der Waals surface area (Å²) >= 11 is 0. The minimum absolute atomic E-state index is 0.00575. The molecule has 10 atom stereocenters. The number of aromatic amines is 4. The molecule has 0 unspecified atom stereocenters. The van der Waals surface area contributed by atoms with Crippen molar-refractivity contribution < 1.29 is 58.2 Å². The molecule has 35 nitrogen and oxygen atoms in total. The quantitative estimate of drug-likeness (QED) is 0.0105. The van der Waals surface area contributed by atoms with E-state index in [9.17, 15) is 53.4 Å². The second-order valence-electron chi connectivity index (χ2n) is 25.3. The summed E-state index contributed by atoms with van der Waals surface area (Å²) in [5.74, 6) is -9.54. The average molecular weight is 1440 g/mol. The van der Waals surface area contributed by atoms with Crippen LogP contribution in [0.2, 0.25) is 0 Å². The third-order valence-electron chi connectivity index (χ3n) is 17.3. The van der Waals surface area contributed by atoms with E-state index in [-0.39, 0.29) is 89.3 Å². The van der Waals surface area contributed by atoms with Gasteiger partial charge in [-0.2, -0.15) is 0 Å². The van der Waals surface area contributed by atoms with Crippen LogP contribution in [0.4, 0.5) is 0 Å². The van der Waals surface area contributed by atoms with Gasteiger partial charge in [-0.25, -0.2) is 9.78 Å². The fourth-order valence-electron chi connectivity index (χ4n) is 11.8. The summed E-state index contributed by atoms with van der Waals surface area (Å²) in [6.45, 7) is 1.18. The first-order valence-electron chi connectivity index (χ1n) is 34.4. The van der Waals surface area contributed by atoms with Crippen molar-refractivity contribution in [3.63, 3.8) is 0 Å². The van der Waals surface area contributed by atoms with Crippen molar-refractivity contribution in [2.45, 2.75) is 157 Å². The molecule has 9 amide bonds. The molecule has 35 heteroatoms. The number of H-pyrrole nitrogens is 4. The summed E-state index contributed by atoms with van der Waals surface area (Å²) in [7, 11) is 0. The number of aliphatic carboxylic acids is 1. The number of fused-ring (bicyclic) bond motifs is 3. The Bertz CT molecular complexity index is 4080. The first-order chi connectivity index (χ1) is 49.9. The SMILES string of the molecule is C[C@@H](O)[C@H](NC(=O)[C@H](Cc1c[nH]c2ccccc12)NC(=O)CNC(=O)[C@H](Cc1cnc[nH]1)NC(=O)[C@H](Cc1c[nH]c2ccccc12)NC(=O)[C@H](CCCCN)NC(=O)[C@H](CCCCN)NC(=O)[C@@H](N)CCCN=C(N)N)C(=O)N[C@@H](CCCN=C(N)N)C(=O)N[C@@H](Cc1c[nH]c2ccccc12)C(=O)O. The second kappa shape index (κ2) is 40.3. The molecule has 0 aliphatic heterocycles. The number of aromatic nitrogens is 5. The molecule has 104 heavy (non-hydrogen) atoms. The summed E-state index contributed by atoms with van der Waals surface area (Å²) in [5.41, 5.74) is 44.0. The van der Waals surface area contributed by atoms with Gasteiger partial charge in [-0.05, 0) is 119 Å². The maximum absolute atomic E-state index is 15.0. The van der Waals surface area contributed by atoms with Crippen LogP contribution in [0.25, 0.3) is 32.7 Å². The summed E-state index contributed by atoms with van der Waals surface area (Å²) in [6.07, 6.45) is 7.71. The van der Waals surface area contributed by atoms with Crippen LogP contribution in [0.15, 0.2) is 114 Å². The molecule has 3 aromatic carbocycles. The van der Waals surface area contributed by atoms with E-state index in [0.717, 1.165) is 10.9 Å². The Labute approximate surface area is 598 Å². The predicted octanol–water partition coefficient (Wildman–Crippen LogP) is -2.72.